The summed E-state index contributed by atoms with van der Waals surface area (Å²) in [7, 11) is -1.45. The van der Waals surface area contributed by atoms with E-state index in [0.29, 0.717) is 12.8 Å². The highest BCUT2D eigenvalue weighted by molar-refractivity contribution is 7.53. The molecule has 4 heteroatoms. The van der Waals surface area contributed by atoms with E-state index in [1.165, 1.54) is 32.8 Å². The second kappa shape index (κ2) is 10.1. The fraction of sp³-hybridized carbons (Fsp3) is 0.625. The number of hydrogen-bond donors (Lipinski definition) is 0. The van der Waals surface area contributed by atoms with Crippen LogP contribution in [0.1, 0.15) is 51.0 Å². The quantitative estimate of drug-likeness (QED) is 0.405. The Hall–Kier alpha value is -0.630. The predicted octanol–water partition coefficient (Wildman–Crippen LogP) is 5.40. The molecule has 0 heterocycles. The fourth-order valence-corrected chi connectivity index (χ4v) is 3.42. The summed E-state index contributed by atoms with van der Waals surface area (Å²) in [6, 6.07) is 9.78. The van der Waals surface area contributed by atoms with E-state index in [1.54, 1.807) is 0 Å². The first kappa shape index (κ1) is 17.4. The molecule has 0 N–H and O–H groups in total. The average Bonchev–Trinajstić information content (AvgIpc) is 2.50. The van der Waals surface area contributed by atoms with Gasteiger partial charge in [-0.3, -0.25) is 4.57 Å². The van der Waals surface area contributed by atoms with E-state index >= 15 is 0 Å². The predicted molar refractivity (Wildman–Crippen MR) is 84.1 cm³/mol. The van der Waals surface area contributed by atoms with Crippen LogP contribution in [0.25, 0.3) is 0 Å². The molecule has 0 aliphatic heterocycles. The van der Waals surface area contributed by atoms with Crippen LogP contribution >= 0.6 is 7.60 Å². The summed E-state index contributed by atoms with van der Waals surface area (Å²) in [6.07, 6.45) is 7.52. The Kier molecular flexibility index (Phi) is 8.84. The molecular formula is C16H27O3P. The van der Waals surface area contributed by atoms with Crippen LogP contribution in [-0.4, -0.2) is 13.3 Å². The topological polar surface area (TPSA) is 35.5 Å². The zero-order valence-electron chi connectivity index (χ0n) is 12.7. The summed E-state index contributed by atoms with van der Waals surface area (Å²) in [5.41, 5.74) is 1.02. The van der Waals surface area contributed by atoms with Crippen molar-refractivity contribution >= 4 is 7.60 Å². The lowest BCUT2D eigenvalue weighted by Gasteiger charge is -2.16. The van der Waals surface area contributed by atoms with Crippen LogP contribution < -0.4 is 0 Å². The van der Waals surface area contributed by atoms with Crippen molar-refractivity contribution in [3.63, 3.8) is 0 Å². The van der Waals surface area contributed by atoms with Gasteiger partial charge in [0.05, 0.1) is 12.8 Å². The van der Waals surface area contributed by atoms with Crippen LogP contribution in [0.3, 0.4) is 0 Å². The monoisotopic (exact) mass is 298 g/mol. The van der Waals surface area contributed by atoms with E-state index < -0.39 is 7.60 Å². The fourth-order valence-electron chi connectivity index (χ4n) is 2.04. The highest BCUT2D eigenvalue weighted by Gasteiger charge is 2.22. The Bertz CT molecular complexity index is 392. The molecule has 1 aromatic carbocycles. The average molecular weight is 298 g/mol. The normalized spacial score (nSPS) is 14.1. The number of benzene rings is 1. The van der Waals surface area contributed by atoms with Crippen LogP contribution in [0.5, 0.6) is 0 Å². The van der Waals surface area contributed by atoms with Gasteiger partial charge in [-0.25, -0.2) is 0 Å². The van der Waals surface area contributed by atoms with Gasteiger partial charge in [-0.1, -0.05) is 69.4 Å². The van der Waals surface area contributed by atoms with Gasteiger partial charge in [0.2, 0.25) is 0 Å². The van der Waals surface area contributed by atoms with Crippen molar-refractivity contribution in [2.45, 2.75) is 52.1 Å². The SMILES string of the molecule is CCCCCCCCP(=O)(OC)OCc1ccccc1. The maximum atomic E-state index is 12.4. The van der Waals surface area contributed by atoms with Crippen molar-refractivity contribution in [3.05, 3.63) is 35.9 Å². The zero-order chi connectivity index (χ0) is 14.7. The summed E-state index contributed by atoms with van der Waals surface area (Å²) in [4.78, 5) is 0. The molecule has 0 saturated carbocycles. The molecule has 1 aromatic rings. The Morgan fingerprint density at radius 3 is 2.30 bits per heavy atom. The summed E-state index contributed by atoms with van der Waals surface area (Å²) >= 11 is 0. The first-order valence-corrected chi connectivity index (χ1v) is 9.26. The van der Waals surface area contributed by atoms with Crippen LogP contribution in [0.15, 0.2) is 30.3 Å². The van der Waals surface area contributed by atoms with E-state index in [2.05, 4.69) is 6.92 Å². The van der Waals surface area contributed by atoms with Crippen molar-refractivity contribution in [1.82, 2.24) is 0 Å². The molecule has 0 spiro atoms. The van der Waals surface area contributed by atoms with Gasteiger partial charge in [0.15, 0.2) is 0 Å². The Morgan fingerprint density at radius 2 is 1.65 bits per heavy atom. The van der Waals surface area contributed by atoms with E-state index in [-0.39, 0.29) is 0 Å². The van der Waals surface area contributed by atoms with Gasteiger partial charge in [0.1, 0.15) is 0 Å². The second-order valence-electron chi connectivity index (χ2n) is 5.04. The molecule has 0 fully saturated rings. The van der Waals surface area contributed by atoms with E-state index in [1.807, 2.05) is 30.3 Å². The van der Waals surface area contributed by atoms with E-state index in [4.69, 9.17) is 9.05 Å². The molecule has 0 saturated heterocycles. The number of unbranched alkanes of at least 4 members (excludes halogenated alkanes) is 5. The maximum Gasteiger partial charge on any atom is 0.330 e. The summed E-state index contributed by atoms with van der Waals surface area (Å²) in [6.45, 7) is 2.55. The molecule has 1 rings (SSSR count). The van der Waals surface area contributed by atoms with E-state index in [0.717, 1.165) is 18.4 Å². The van der Waals surface area contributed by atoms with Crippen molar-refractivity contribution in [2.24, 2.45) is 0 Å². The molecule has 114 valence electrons. The smallest absolute Gasteiger partial charge is 0.312 e. The molecule has 0 radical (unpaired) electrons. The van der Waals surface area contributed by atoms with Gasteiger partial charge < -0.3 is 9.05 Å². The van der Waals surface area contributed by atoms with Gasteiger partial charge >= 0.3 is 7.60 Å². The molecule has 0 bridgehead atoms. The summed E-state index contributed by atoms with van der Waals surface area (Å²) < 4.78 is 23.0. The molecule has 0 amide bonds. The van der Waals surface area contributed by atoms with Gasteiger partial charge in [0.25, 0.3) is 0 Å². The van der Waals surface area contributed by atoms with E-state index in [9.17, 15) is 4.57 Å². The third-order valence-electron chi connectivity index (χ3n) is 3.33. The molecule has 1 unspecified atom stereocenters. The molecular weight excluding hydrogens is 271 g/mol. The minimum Gasteiger partial charge on any atom is -0.312 e. The van der Waals surface area contributed by atoms with Crippen LogP contribution in [0.4, 0.5) is 0 Å². The van der Waals surface area contributed by atoms with Gasteiger partial charge in [-0.2, -0.15) is 0 Å². The Labute approximate surface area is 123 Å². The highest BCUT2D eigenvalue weighted by atomic mass is 31.2. The zero-order valence-corrected chi connectivity index (χ0v) is 13.6. The van der Waals surface area contributed by atoms with Crippen molar-refractivity contribution in [1.29, 1.82) is 0 Å². The van der Waals surface area contributed by atoms with Gasteiger partial charge in [-0.05, 0) is 12.0 Å². The lowest BCUT2D eigenvalue weighted by atomic mass is 10.1. The van der Waals surface area contributed by atoms with Gasteiger partial charge in [-0.15, -0.1) is 0 Å². The van der Waals surface area contributed by atoms with Gasteiger partial charge in [0, 0.05) is 7.11 Å². The summed E-state index contributed by atoms with van der Waals surface area (Å²) in [5, 5.41) is 0. The minimum atomic E-state index is -2.92. The first-order valence-electron chi connectivity index (χ1n) is 7.53. The standard InChI is InChI=1S/C16H27O3P/c1-3-4-5-6-7-11-14-20(17,18-2)19-15-16-12-9-8-10-13-16/h8-10,12-13H,3-7,11,14-15H2,1-2H3. The molecule has 3 nitrogen and oxygen atoms in total. The lowest BCUT2D eigenvalue weighted by Crippen LogP contribution is -1.99. The molecule has 0 aliphatic rings. The third-order valence-corrected chi connectivity index (χ3v) is 5.28. The minimum absolute atomic E-state index is 0.349. The third kappa shape index (κ3) is 7.23. The Balaban J connectivity index is 2.26. The van der Waals surface area contributed by atoms with Crippen molar-refractivity contribution < 1.29 is 13.6 Å². The number of rotatable bonds is 11. The second-order valence-corrected chi connectivity index (χ2v) is 7.34. The molecule has 0 aromatic heterocycles. The molecule has 1 atom stereocenters. The molecule has 0 aliphatic carbocycles. The Morgan fingerprint density at radius 1 is 1.00 bits per heavy atom. The lowest BCUT2D eigenvalue weighted by molar-refractivity contribution is 0.224. The molecule has 20 heavy (non-hydrogen) atoms. The maximum absolute atomic E-state index is 12.4. The van der Waals surface area contributed by atoms with Crippen molar-refractivity contribution in [2.75, 3.05) is 13.3 Å². The van der Waals surface area contributed by atoms with Crippen LogP contribution in [-0.2, 0) is 20.2 Å². The first-order chi connectivity index (χ1) is 9.70. The van der Waals surface area contributed by atoms with Crippen LogP contribution in [0, 0.1) is 0 Å². The summed E-state index contributed by atoms with van der Waals surface area (Å²) in [5.74, 6) is 0. The highest BCUT2D eigenvalue weighted by Crippen LogP contribution is 2.48. The van der Waals surface area contributed by atoms with Crippen LogP contribution in [0.2, 0.25) is 0 Å². The van der Waals surface area contributed by atoms with Crippen molar-refractivity contribution in [3.8, 4) is 0 Å². The number of hydrogen-bond acceptors (Lipinski definition) is 3. The largest absolute Gasteiger partial charge is 0.330 e.